The smallest absolute Gasteiger partial charge is 0.173 e. The molecular weight excluding hydrogens is 302 g/mol. The lowest BCUT2D eigenvalue weighted by Gasteiger charge is -2.11. The minimum atomic E-state index is -0.530. The van der Waals surface area contributed by atoms with Gasteiger partial charge in [-0.15, -0.1) is 0 Å². The molecule has 5 nitrogen and oxygen atoms in total. The average molecular weight is 316 g/mol. The Morgan fingerprint density at radius 1 is 1.22 bits per heavy atom. The van der Waals surface area contributed by atoms with E-state index in [-0.39, 0.29) is 17.9 Å². The van der Waals surface area contributed by atoms with Crippen LogP contribution in [0.2, 0.25) is 0 Å². The van der Waals surface area contributed by atoms with Gasteiger partial charge >= 0.3 is 0 Å². The molecule has 1 aliphatic carbocycles. The number of ether oxygens (including phenoxy) is 1. The molecule has 3 N–H and O–H groups in total. The first-order valence-corrected chi connectivity index (χ1v) is 7.24. The maximum atomic E-state index is 14.2. The molecule has 3 aromatic heterocycles. The van der Waals surface area contributed by atoms with E-state index in [0.717, 1.165) is 19.0 Å². The fourth-order valence-electron chi connectivity index (χ4n) is 2.39. The summed E-state index contributed by atoms with van der Waals surface area (Å²) in [6, 6.07) is 2.60. The van der Waals surface area contributed by atoms with Gasteiger partial charge in [0.15, 0.2) is 11.6 Å². The Hall–Kier alpha value is -2.54. The van der Waals surface area contributed by atoms with Crippen LogP contribution in [0.15, 0.2) is 30.7 Å². The molecule has 0 bridgehead atoms. The quantitative estimate of drug-likeness (QED) is 0.776. The Labute approximate surface area is 130 Å². The van der Waals surface area contributed by atoms with E-state index in [0.29, 0.717) is 22.3 Å². The number of pyridine rings is 2. The molecule has 0 unspecified atom stereocenters. The first-order valence-electron chi connectivity index (χ1n) is 7.24. The van der Waals surface area contributed by atoms with Crippen LogP contribution in [0.1, 0.15) is 12.8 Å². The standard InChI is InChI=1S/C16H14F2N4O/c17-9-3-10-11(6-22-15(10)21-5-9)13-4-12(18)14(7-20-13)23-8-16(19)1-2-16/h3-7H,1-2,8,19H2,(H,21,22). The number of H-pyrrole nitrogens is 1. The molecule has 0 radical (unpaired) electrons. The molecule has 3 heterocycles. The number of aromatic amines is 1. The van der Waals surface area contributed by atoms with Crippen LogP contribution in [0.4, 0.5) is 8.78 Å². The van der Waals surface area contributed by atoms with Gasteiger partial charge in [0.25, 0.3) is 0 Å². The number of rotatable bonds is 4. The summed E-state index contributed by atoms with van der Waals surface area (Å²) >= 11 is 0. The summed E-state index contributed by atoms with van der Waals surface area (Å²) in [4.78, 5) is 11.1. The molecule has 7 heteroatoms. The number of aromatic nitrogens is 3. The molecule has 0 aromatic carbocycles. The van der Waals surface area contributed by atoms with E-state index in [1.807, 2.05) is 0 Å². The van der Waals surface area contributed by atoms with Crippen LogP contribution < -0.4 is 10.5 Å². The Bertz CT molecular complexity index is 889. The Balaban J connectivity index is 1.66. The Kier molecular flexibility index (Phi) is 3.05. The van der Waals surface area contributed by atoms with Crippen LogP contribution in [0, 0.1) is 11.6 Å². The molecule has 4 rings (SSSR count). The van der Waals surface area contributed by atoms with Crippen molar-refractivity contribution < 1.29 is 13.5 Å². The summed E-state index contributed by atoms with van der Waals surface area (Å²) in [6.45, 7) is 0.271. The molecule has 3 aromatic rings. The second-order valence-corrected chi connectivity index (χ2v) is 5.90. The number of nitrogens with zero attached hydrogens (tertiary/aromatic N) is 2. The van der Waals surface area contributed by atoms with Crippen molar-refractivity contribution in [3.63, 3.8) is 0 Å². The number of nitrogens with two attached hydrogens (primary N) is 1. The van der Waals surface area contributed by atoms with Crippen molar-refractivity contribution in [1.82, 2.24) is 15.0 Å². The zero-order valence-corrected chi connectivity index (χ0v) is 12.1. The highest BCUT2D eigenvalue weighted by atomic mass is 19.1. The van der Waals surface area contributed by atoms with E-state index in [2.05, 4.69) is 15.0 Å². The summed E-state index contributed by atoms with van der Waals surface area (Å²) < 4.78 is 33.0. The Morgan fingerprint density at radius 2 is 2.04 bits per heavy atom. The summed E-state index contributed by atoms with van der Waals surface area (Å²) in [5, 5.41) is 0.546. The lowest BCUT2D eigenvalue weighted by Crippen LogP contribution is -2.30. The number of halogens is 2. The summed E-state index contributed by atoms with van der Waals surface area (Å²) in [5.41, 5.74) is 7.06. The predicted octanol–water partition coefficient (Wildman–Crippen LogP) is 2.77. The van der Waals surface area contributed by atoms with Crippen molar-refractivity contribution in [1.29, 1.82) is 0 Å². The molecule has 0 aliphatic heterocycles. The van der Waals surface area contributed by atoms with E-state index in [9.17, 15) is 8.78 Å². The monoisotopic (exact) mass is 316 g/mol. The molecule has 0 saturated heterocycles. The third-order valence-electron chi connectivity index (χ3n) is 4.00. The molecular formula is C16H14F2N4O. The molecule has 23 heavy (non-hydrogen) atoms. The molecule has 118 valence electrons. The molecule has 1 saturated carbocycles. The van der Waals surface area contributed by atoms with Crippen LogP contribution in [0.3, 0.4) is 0 Å². The van der Waals surface area contributed by atoms with Gasteiger partial charge in [-0.1, -0.05) is 0 Å². The molecule has 0 spiro atoms. The van der Waals surface area contributed by atoms with Gasteiger partial charge in [-0.3, -0.25) is 4.98 Å². The van der Waals surface area contributed by atoms with Crippen LogP contribution in [0.5, 0.6) is 5.75 Å². The number of nitrogens with one attached hydrogen (secondary N) is 1. The van der Waals surface area contributed by atoms with Gasteiger partial charge in [0.1, 0.15) is 18.1 Å². The third kappa shape index (κ3) is 2.63. The number of hydrogen-bond acceptors (Lipinski definition) is 4. The molecule has 0 atom stereocenters. The lowest BCUT2D eigenvalue weighted by atomic mass is 10.1. The van der Waals surface area contributed by atoms with E-state index < -0.39 is 11.6 Å². The highest BCUT2D eigenvalue weighted by Gasteiger charge is 2.39. The summed E-state index contributed by atoms with van der Waals surface area (Å²) in [5.74, 6) is -0.927. The van der Waals surface area contributed by atoms with Gasteiger partial charge < -0.3 is 15.5 Å². The maximum absolute atomic E-state index is 14.2. The highest BCUT2D eigenvalue weighted by molar-refractivity contribution is 5.92. The van der Waals surface area contributed by atoms with Crippen molar-refractivity contribution in [3.8, 4) is 17.0 Å². The van der Waals surface area contributed by atoms with Gasteiger partial charge in [0.05, 0.1) is 23.6 Å². The van der Waals surface area contributed by atoms with Gasteiger partial charge in [-0.05, 0) is 18.9 Å². The van der Waals surface area contributed by atoms with Gasteiger partial charge in [-0.2, -0.15) is 0 Å². The van der Waals surface area contributed by atoms with Crippen molar-refractivity contribution in [2.45, 2.75) is 18.4 Å². The van der Waals surface area contributed by atoms with E-state index in [1.165, 1.54) is 18.3 Å². The van der Waals surface area contributed by atoms with Crippen LogP contribution in [-0.4, -0.2) is 27.1 Å². The number of hydrogen-bond donors (Lipinski definition) is 2. The van der Waals surface area contributed by atoms with Crippen molar-refractivity contribution in [2.24, 2.45) is 5.73 Å². The van der Waals surface area contributed by atoms with Crippen molar-refractivity contribution in [3.05, 3.63) is 42.4 Å². The highest BCUT2D eigenvalue weighted by Crippen LogP contribution is 2.34. The molecule has 1 aliphatic rings. The van der Waals surface area contributed by atoms with Crippen LogP contribution >= 0.6 is 0 Å². The minimum absolute atomic E-state index is 0.0645. The normalized spacial score (nSPS) is 15.8. The van der Waals surface area contributed by atoms with Gasteiger partial charge in [0, 0.05) is 23.2 Å². The van der Waals surface area contributed by atoms with Crippen molar-refractivity contribution in [2.75, 3.05) is 6.61 Å². The second-order valence-electron chi connectivity index (χ2n) is 5.90. The third-order valence-corrected chi connectivity index (χ3v) is 4.00. The summed E-state index contributed by atoms with van der Waals surface area (Å²) in [7, 11) is 0. The van der Waals surface area contributed by atoms with Crippen LogP contribution in [-0.2, 0) is 0 Å². The molecule has 1 fully saturated rings. The second kappa shape index (κ2) is 4.99. The van der Waals surface area contributed by atoms with Crippen molar-refractivity contribution >= 4 is 11.0 Å². The predicted molar refractivity (Wildman–Crippen MR) is 80.9 cm³/mol. The fourth-order valence-corrected chi connectivity index (χ4v) is 2.39. The van der Waals surface area contributed by atoms with E-state index in [1.54, 1.807) is 6.20 Å². The van der Waals surface area contributed by atoms with E-state index >= 15 is 0 Å². The molecule has 0 amide bonds. The minimum Gasteiger partial charge on any atom is -0.487 e. The largest absolute Gasteiger partial charge is 0.487 e. The topological polar surface area (TPSA) is 76.8 Å². The number of fused-ring (bicyclic) bond motifs is 1. The van der Waals surface area contributed by atoms with Gasteiger partial charge in [-0.25, -0.2) is 13.8 Å². The first-order chi connectivity index (χ1) is 11.0. The lowest BCUT2D eigenvalue weighted by molar-refractivity contribution is 0.266. The summed E-state index contributed by atoms with van der Waals surface area (Å²) in [6.07, 6.45) is 5.83. The maximum Gasteiger partial charge on any atom is 0.173 e. The average Bonchev–Trinajstić information content (AvgIpc) is 3.12. The zero-order valence-electron chi connectivity index (χ0n) is 12.1. The first kappa shape index (κ1) is 14.1. The van der Waals surface area contributed by atoms with Crippen LogP contribution in [0.25, 0.3) is 22.3 Å². The van der Waals surface area contributed by atoms with E-state index in [4.69, 9.17) is 10.5 Å². The Morgan fingerprint density at radius 3 is 2.78 bits per heavy atom. The van der Waals surface area contributed by atoms with Gasteiger partial charge in [0.2, 0.25) is 0 Å². The zero-order chi connectivity index (χ0) is 16.0. The fraction of sp³-hybridized carbons (Fsp3) is 0.250. The SMILES string of the molecule is NC1(COc2cnc(-c3c[nH]c4ncc(F)cc34)cc2F)CC1.